The molecule has 0 spiro atoms. The summed E-state index contributed by atoms with van der Waals surface area (Å²) in [5.74, 6) is 2.63. The Balaban J connectivity index is 1.10. The first-order valence-corrected chi connectivity index (χ1v) is 17.7. The molecule has 1 heterocycles. The summed E-state index contributed by atoms with van der Waals surface area (Å²) in [5, 5.41) is 4.86. The number of hydrogen-bond donors (Lipinski definition) is 1. The fourth-order valence-corrected chi connectivity index (χ4v) is 6.93. The lowest BCUT2D eigenvalue weighted by molar-refractivity contribution is 0.289. The number of rotatable bonds is 14. The van der Waals surface area contributed by atoms with Gasteiger partial charge in [-0.25, -0.2) is 0 Å². The predicted molar refractivity (Wildman–Crippen MR) is 200 cm³/mol. The molecule has 0 aliphatic heterocycles. The van der Waals surface area contributed by atoms with Gasteiger partial charge in [0, 0.05) is 30.0 Å². The van der Waals surface area contributed by atoms with E-state index < -0.39 is 0 Å². The van der Waals surface area contributed by atoms with Gasteiger partial charge in [0.15, 0.2) is 0 Å². The minimum Gasteiger partial charge on any atom is -0.492 e. The topological polar surface area (TPSA) is 44.7 Å². The van der Waals surface area contributed by atoms with Crippen LogP contribution in [-0.4, -0.2) is 23.8 Å². The Labute approximate surface area is 290 Å². The zero-order valence-corrected chi connectivity index (χ0v) is 28.4. The zero-order valence-electron chi connectivity index (χ0n) is 28.4. The number of hydrogen-bond acceptors (Lipinski definition) is 4. The molecular weight excluding hydrogens is 604 g/mol. The standard InChI is InChI=1S/C44H46N2O3/c1-33-42-29-41(49-32-36-13-7-3-8-14-36)25-26-43(42)46(44(33)37-19-23-40(24-20-37)48-31-35-11-5-2-6-12-35)30-34-17-21-39(22-18-34)47-28-27-45-38-15-9-4-10-16-38/h2-3,5-8,11-14,17-26,29,38,45H,4,9-10,15-16,27-28,30-32H2,1H3. The quantitative estimate of drug-likeness (QED) is 0.119. The molecule has 1 aliphatic carbocycles. The molecule has 1 aliphatic rings. The Morgan fingerprint density at radius 1 is 0.612 bits per heavy atom. The summed E-state index contributed by atoms with van der Waals surface area (Å²) < 4.78 is 20.9. The minimum atomic E-state index is 0.536. The van der Waals surface area contributed by atoms with Gasteiger partial charge in [0.25, 0.3) is 0 Å². The molecule has 1 saturated carbocycles. The van der Waals surface area contributed by atoms with Crippen LogP contribution in [0.4, 0.5) is 0 Å². The predicted octanol–water partition coefficient (Wildman–Crippen LogP) is 10.1. The van der Waals surface area contributed by atoms with Crippen molar-refractivity contribution in [1.29, 1.82) is 0 Å². The summed E-state index contributed by atoms with van der Waals surface area (Å²) in [7, 11) is 0. The SMILES string of the molecule is Cc1c(-c2ccc(OCc3ccccc3)cc2)n(Cc2ccc(OCCNC3CCCCC3)cc2)c2ccc(OCc3ccccc3)cc12. The Morgan fingerprint density at radius 3 is 1.88 bits per heavy atom. The van der Waals surface area contributed by atoms with E-state index in [2.05, 4.69) is 108 Å². The highest BCUT2D eigenvalue weighted by molar-refractivity contribution is 5.92. The van der Waals surface area contributed by atoms with Crippen molar-refractivity contribution in [1.82, 2.24) is 9.88 Å². The molecule has 1 aromatic heterocycles. The molecule has 6 aromatic rings. The number of nitrogens with one attached hydrogen (secondary N) is 1. The van der Waals surface area contributed by atoms with Crippen molar-refractivity contribution in [3.8, 4) is 28.5 Å². The number of nitrogens with zero attached hydrogens (tertiary/aromatic N) is 1. The third-order valence-electron chi connectivity index (χ3n) is 9.59. The van der Waals surface area contributed by atoms with E-state index in [0.717, 1.165) is 47.0 Å². The van der Waals surface area contributed by atoms with Gasteiger partial charge in [0.1, 0.15) is 37.1 Å². The molecule has 5 nitrogen and oxygen atoms in total. The van der Waals surface area contributed by atoms with Crippen molar-refractivity contribution >= 4 is 10.9 Å². The summed E-state index contributed by atoms with van der Waals surface area (Å²) in [6, 6.07) is 44.8. The molecule has 1 N–H and O–H groups in total. The molecule has 49 heavy (non-hydrogen) atoms. The lowest BCUT2D eigenvalue weighted by Crippen LogP contribution is -2.34. The van der Waals surface area contributed by atoms with Crippen molar-refractivity contribution in [3.63, 3.8) is 0 Å². The van der Waals surface area contributed by atoms with Crippen molar-refractivity contribution in [3.05, 3.63) is 150 Å². The van der Waals surface area contributed by atoms with Crippen LogP contribution in [0.2, 0.25) is 0 Å². The van der Waals surface area contributed by atoms with Gasteiger partial charge in [0.05, 0.1) is 5.69 Å². The third-order valence-corrected chi connectivity index (χ3v) is 9.59. The van der Waals surface area contributed by atoms with Gasteiger partial charge >= 0.3 is 0 Å². The van der Waals surface area contributed by atoms with Crippen LogP contribution in [0, 0.1) is 6.92 Å². The molecule has 7 rings (SSSR count). The highest BCUT2D eigenvalue weighted by Gasteiger charge is 2.18. The first-order valence-electron chi connectivity index (χ1n) is 17.7. The van der Waals surface area contributed by atoms with E-state index in [9.17, 15) is 0 Å². The van der Waals surface area contributed by atoms with Gasteiger partial charge in [0.2, 0.25) is 0 Å². The number of fused-ring (bicyclic) bond motifs is 1. The zero-order chi connectivity index (χ0) is 33.3. The molecule has 0 bridgehead atoms. The van der Waals surface area contributed by atoms with Crippen LogP contribution >= 0.6 is 0 Å². The van der Waals surface area contributed by atoms with Crippen LogP contribution in [0.5, 0.6) is 17.2 Å². The molecule has 0 saturated heterocycles. The summed E-state index contributed by atoms with van der Waals surface area (Å²) in [6.07, 6.45) is 6.64. The van der Waals surface area contributed by atoms with Crippen LogP contribution < -0.4 is 19.5 Å². The first kappa shape index (κ1) is 32.5. The molecule has 1 fully saturated rings. The second kappa shape index (κ2) is 15.9. The van der Waals surface area contributed by atoms with E-state index in [1.807, 2.05) is 36.4 Å². The maximum Gasteiger partial charge on any atom is 0.120 e. The normalized spacial score (nSPS) is 13.4. The smallest absolute Gasteiger partial charge is 0.120 e. The highest BCUT2D eigenvalue weighted by Crippen LogP contribution is 2.37. The summed E-state index contributed by atoms with van der Waals surface area (Å²) in [5.41, 5.74) is 8.27. The van der Waals surface area contributed by atoms with Crippen LogP contribution in [0.3, 0.4) is 0 Å². The highest BCUT2D eigenvalue weighted by atomic mass is 16.5. The summed E-state index contributed by atoms with van der Waals surface area (Å²) in [4.78, 5) is 0. The summed E-state index contributed by atoms with van der Waals surface area (Å²) in [6.45, 7) is 5.60. The minimum absolute atomic E-state index is 0.536. The lowest BCUT2D eigenvalue weighted by atomic mass is 9.96. The Hall–Kier alpha value is -5.00. The van der Waals surface area contributed by atoms with Gasteiger partial charge < -0.3 is 24.1 Å². The second-order valence-corrected chi connectivity index (χ2v) is 13.1. The number of ether oxygens (including phenoxy) is 3. The van der Waals surface area contributed by atoms with Gasteiger partial charge in [-0.3, -0.25) is 0 Å². The molecule has 0 unspecified atom stereocenters. The molecular formula is C44H46N2O3. The van der Waals surface area contributed by atoms with Crippen LogP contribution in [-0.2, 0) is 19.8 Å². The molecule has 250 valence electrons. The van der Waals surface area contributed by atoms with Crippen molar-refractivity contribution in [2.24, 2.45) is 0 Å². The van der Waals surface area contributed by atoms with Gasteiger partial charge in [-0.05, 0) is 102 Å². The van der Waals surface area contributed by atoms with Crippen LogP contribution in [0.1, 0.15) is 54.4 Å². The fraction of sp³-hybridized carbons (Fsp3) is 0.273. The molecule has 5 heteroatoms. The number of aryl methyl sites for hydroxylation is 1. The van der Waals surface area contributed by atoms with E-state index in [0.29, 0.717) is 25.9 Å². The molecule has 0 amide bonds. The molecule has 0 atom stereocenters. The van der Waals surface area contributed by atoms with Crippen LogP contribution in [0.25, 0.3) is 22.2 Å². The Morgan fingerprint density at radius 2 is 1.20 bits per heavy atom. The van der Waals surface area contributed by atoms with Gasteiger partial charge in [-0.1, -0.05) is 92.1 Å². The average molecular weight is 651 g/mol. The monoisotopic (exact) mass is 650 g/mol. The first-order chi connectivity index (χ1) is 24.2. The number of benzene rings is 5. The van der Waals surface area contributed by atoms with Crippen LogP contribution in [0.15, 0.2) is 127 Å². The maximum absolute atomic E-state index is 6.25. The Bertz CT molecular complexity index is 1910. The molecule has 0 radical (unpaired) electrons. The Kier molecular flexibility index (Phi) is 10.6. The third kappa shape index (κ3) is 8.36. The molecule has 5 aromatic carbocycles. The van der Waals surface area contributed by atoms with E-state index in [4.69, 9.17) is 14.2 Å². The second-order valence-electron chi connectivity index (χ2n) is 13.1. The largest absolute Gasteiger partial charge is 0.492 e. The van der Waals surface area contributed by atoms with E-state index in [1.165, 1.54) is 59.8 Å². The van der Waals surface area contributed by atoms with Gasteiger partial charge in [-0.2, -0.15) is 0 Å². The van der Waals surface area contributed by atoms with Crippen molar-refractivity contribution in [2.75, 3.05) is 13.2 Å². The fourth-order valence-electron chi connectivity index (χ4n) is 6.93. The number of aromatic nitrogens is 1. The maximum atomic E-state index is 6.25. The van der Waals surface area contributed by atoms with E-state index >= 15 is 0 Å². The lowest BCUT2D eigenvalue weighted by Gasteiger charge is -2.22. The summed E-state index contributed by atoms with van der Waals surface area (Å²) >= 11 is 0. The van der Waals surface area contributed by atoms with E-state index in [1.54, 1.807) is 0 Å². The van der Waals surface area contributed by atoms with E-state index in [-0.39, 0.29) is 0 Å². The van der Waals surface area contributed by atoms with Crippen molar-refractivity contribution < 1.29 is 14.2 Å². The van der Waals surface area contributed by atoms with Crippen molar-refractivity contribution in [2.45, 2.75) is 64.8 Å². The van der Waals surface area contributed by atoms with Gasteiger partial charge in [-0.15, -0.1) is 0 Å². The average Bonchev–Trinajstić information content (AvgIpc) is 3.43.